The van der Waals surface area contributed by atoms with E-state index in [0.717, 1.165) is 36.5 Å². The van der Waals surface area contributed by atoms with Gasteiger partial charge < -0.3 is 10.5 Å². The number of amides is 1. The van der Waals surface area contributed by atoms with Crippen molar-refractivity contribution in [3.05, 3.63) is 65.1 Å². The lowest BCUT2D eigenvalue weighted by Crippen LogP contribution is -2.30. The van der Waals surface area contributed by atoms with Gasteiger partial charge in [0.15, 0.2) is 5.75 Å². The molecule has 0 atom stereocenters. The monoisotopic (exact) mass is 521 g/mol. The molecule has 1 heterocycles. The van der Waals surface area contributed by atoms with Crippen molar-refractivity contribution in [1.29, 1.82) is 0 Å². The van der Waals surface area contributed by atoms with Gasteiger partial charge in [0.25, 0.3) is 0 Å². The minimum absolute atomic E-state index is 0.0667. The smallest absolute Gasteiger partial charge is 0.409 e. The van der Waals surface area contributed by atoms with Crippen molar-refractivity contribution in [1.82, 2.24) is 0 Å². The summed E-state index contributed by atoms with van der Waals surface area (Å²) in [6.45, 7) is 0. The summed E-state index contributed by atoms with van der Waals surface area (Å²) in [6, 6.07) is 4.46. The number of carbonyl (C=O) groups is 1. The Bertz CT molecular complexity index is 1140. The number of thioether (sulfide) groups is 1. The number of anilines is 1. The molecule has 0 bridgehead atoms. The zero-order valence-electron chi connectivity index (χ0n) is 18.0. The summed E-state index contributed by atoms with van der Waals surface area (Å²) in [4.78, 5) is 17.6. The molecule has 13 heteroatoms. The van der Waals surface area contributed by atoms with Gasteiger partial charge in [-0.25, -0.2) is 9.18 Å². The zero-order valence-corrected chi connectivity index (χ0v) is 18.8. The second kappa shape index (κ2) is 10.2. The topological polar surface area (TPSA) is 67.9 Å². The molecule has 0 aliphatic carbocycles. The summed E-state index contributed by atoms with van der Waals surface area (Å²) in [5.74, 6) is -0.526. The number of allylic oxidation sites excluding steroid dienone is 1. The molecule has 3 rings (SSSR count). The second-order valence-corrected chi connectivity index (χ2v) is 8.47. The van der Waals surface area contributed by atoms with Crippen LogP contribution < -0.4 is 15.4 Å². The Labute approximate surface area is 199 Å². The van der Waals surface area contributed by atoms with Gasteiger partial charge in [-0.05, 0) is 36.4 Å². The van der Waals surface area contributed by atoms with Gasteiger partial charge in [0.1, 0.15) is 5.82 Å². The maximum atomic E-state index is 13.9. The Kier molecular flexibility index (Phi) is 7.68. The minimum atomic E-state index is -5.32. The molecule has 2 aromatic carbocycles. The maximum absolute atomic E-state index is 13.9. The Morgan fingerprint density at radius 1 is 1.11 bits per heavy atom. The van der Waals surface area contributed by atoms with Gasteiger partial charge in [-0.15, -0.1) is 0 Å². The Hall–Kier alpha value is -3.22. The van der Waals surface area contributed by atoms with E-state index in [9.17, 15) is 35.5 Å². The normalized spacial score (nSPS) is 15.3. The van der Waals surface area contributed by atoms with Crippen LogP contribution in [0.2, 0.25) is 0 Å². The number of alkyl halides is 6. The third kappa shape index (κ3) is 6.27. The third-order valence-electron chi connectivity index (χ3n) is 4.93. The van der Waals surface area contributed by atoms with Crippen molar-refractivity contribution in [2.24, 2.45) is 10.7 Å². The summed E-state index contributed by atoms with van der Waals surface area (Å²) in [5, 5.41) is 0. The average molecular weight is 521 g/mol. The Morgan fingerprint density at radius 2 is 1.74 bits per heavy atom. The lowest BCUT2D eigenvalue weighted by molar-refractivity contribution is -0.143. The SMILES string of the molecule is CN(C(=O)Oc1c(/C(C=NC2CSC2)=C/N)cc(C(F)(F)F)cc1C(F)(F)F)c1ccc(F)cc1. The van der Waals surface area contributed by atoms with Crippen LogP contribution >= 0.6 is 11.8 Å². The first kappa shape index (κ1) is 26.4. The number of halogens is 7. The number of ether oxygens (including phenoxy) is 1. The van der Waals surface area contributed by atoms with Gasteiger partial charge in [0.05, 0.1) is 17.2 Å². The van der Waals surface area contributed by atoms with E-state index in [-0.39, 0.29) is 23.4 Å². The molecule has 2 N–H and O–H groups in total. The highest BCUT2D eigenvalue weighted by atomic mass is 32.2. The molecule has 2 aromatic rings. The third-order valence-corrected chi connectivity index (χ3v) is 6.18. The van der Waals surface area contributed by atoms with Crippen LogP contribution in [-0.2, 0) is 12.4 Å². The first-order valence-electron chi connectivity index (χ1n) is 9.88. The number of nitrogens with two attached hydrogens (primary N) is 1. The van der Waals surface area contributed by atoms with E-state index in [1.165, 1.54) is 12.1 Å². The highest BCUT2D eigenvalue weighted by Crippen LogP contribution is 2.44. The van der Waals surface area contributed by atoms with Gasteiger partial charge in [0, 0.05) is 47.8 Å². The first-order valence-corrected chi connectivity index (χ1v) is 11.0. The zero-order chi connectivity index (χ0) is 26.0. The Balaban J connectivity index is 2.13. The molecule has 188 valence electrons. The van der Waals surface area contributed by atoms with E-state index in [0.29, 0.717) is 17.6 Å². The summed E-state index contributed by atoms with van der Waals surface area (Å²) >= 11 is 1.57. The molecule has 5 nitrogen and oxygen atoms in total. The van der Waals surface area contributed by atoms with E-state index >= 15 is 0 Å². The Morgan fingerprint density at radius 3 is 2.23 bits per heavy atom. The highest BCUT2D eigenvalue weighted by Gasteiger charge is 2.41. The number of aliphatic imine (C=N–C) groups is 1. The largest absolute Gasteiger partial charge is 0.420 e. The molecule has 0 radical (unpaired) electrons. The van der Waals surface area contributed by atoms with Crippen LogP contribution in [-0.4, -0.2) is 36.9 Å². The standard InChI is InChI=1S/C22H18F7N3O2S/c1-32(16-4-2-14(23)3-5-16)20(33)34-19-17(12(8-30)9-31-15-10-35-11-15)6-13(21(24,25)26)7-18(19)22(27,28)29/h2-9,15H,10-11,30H2,1H3/b12-8+,31-9?. The first-order chi connectivity index (χ1) is 16.3. The molecule has 0 aromatic heterocycles. The number of hydrogen-bond acceptors (Lipinski definition) is 5. The van der Waals surface area contributed by atoms with E-state index in [1.54, 1.807) is 11.8 Å². The van der Waals surface area contributed by atoms with Crippen molar-refractivity contribution in [3.8, 4) is 5.75 Å². The summed E-state index contributed by atoms with van der Waals surface area (Å²) in [6.07, 6.45) is -9.97. The van der Waals surface area contributed by atoms with Gasteiger partial charge in [0.2, 0.25) is 0 Å². The molecule has 1 aliphatic rings. The molecule has 1 amide bonds. The lowest BCUT2D eigenvalue weighted by Gasteiger charge is -2.23. The molecule has 0 unspecified atom stereocenters. The van der Waals surface area contributed by atoms with Crippen LogP contribution in [0.15, 0.2) is 47.6 Å². The summed E-state index contributed by atoms with van der Waals surface area (Å²) in [7, 11) is 1.14. The van der Waals surface area contributed by atoms with Gasteiger partial charge >= 0.3 is 18.4 Å². The second-order valence-electron chi connectivity index (χ2n) is 7.39. The lowest BCUT2D eigenvalue weighted by atomic mass is 9.98. The number of hydrogen-bond donors (Lipinski definition) is 1. The number of nitrogens with zero attached hydrogens (tertiary/aromatic N) is 2. The van der Waals surface area contributed by atoms with Crippen molar-refractivity contribution in [3.63, 3.8) is 0 Å². The molecule has 1 fully saturated rings. The fourth-order valence-corrected chi connectivity index (χ4v) is 3.57. The maximum Gasteiger partial charge on any atom is 0.420 e. The minimum Gasteiger partial charge on any atom is -0.409 e. The highest BCUT2D eigenvalue weighted by molar-refractivity contribution is 8.00. The van der Waals surface area contributed by atoms with Crippen LogP contribution in [0.4, 0.5) is 41.2 Å². The van der Waals surface area contributed by atoms with Gasteiger partial charge in [-0.1, -0.05) is 0 Å². The predicted octanol–water partition coefficient (Wildman–Crippen LogP) is 5.98. The van der Waals surface area contributed by atoms with Gasteiger partial charge in [-0.3, -0.25) is 9.89 Å². The molecule has 0 spiro atoms. The molecular formula is C22H18F7N3O2S. The van der Waals surface area contributed by atoms with E-state index in [1.807, 2.05) is 0 Å². The number of rotatable bonds is 5. The number of benzene rings is 2. The van der Waals surface area contributed by atoms with E-state index < -0.39 is 46.7 Å². The molecule has 0 saturated carbocycles. The van der Waals surface area contributed by atoms with Crippen molar-refractivity contribution >= 4 is 35.3 Å². The molecule has 1 saturated heterocycles. The summed E-state index contributed by atoms with van der Waals surface area (Å²) in [5.41, 5.74) is 1.14. The molecule has 35 heavy (non-hydrogen) atoms. The van der Waals surface area contributed by atoms with Crippen LogP contribution in [0, 0.1) is 5.82 Å². The van der Waals surface area contributed by atoms with E-state index in [2.05, 4.69) is 4.99 Å². The number of carbonyl (C=O) groups excluding carboxylic acids is 1. The van der Waals surface area contributed by atoms with Crippen LogP contribution in [0.1, 0.15) is 16.7 Å². The van der Waals surface area contributed by atoms with Crippen LogP contribution in [0.3, 0.4) is 0 Å². The van der Waals surface area contributed by atoms with Crippen LogP contribution in [0.25, 0.3) is 5.57 Å². The fraction of sp³-hybridized carbons (Fsp3) is 0.273. The predicted molar refractivity (Wildman–Crippen MR) is 119 cm³/mol. The van der Waals surface area contributed by atoms with E-state index in [4.69, 9.17) is 10.5 Å². The quantitative estimate of drug-likeness (QED) is 0.388. The van der Waals surface area contributed by atoms with Crippen molar-refractivity contribution < 1.29 is 40.3 Å². The van der Waals surface area contributed by atoms with Crippen molar-refractivity contribution in [2.45, 2.75) is 18.4 Å². The van der Waals surface area contributed by atoms with Crippen LogP contribution in [0.5, 0.6) is 5.75 Å². The average Bonchev–Trinajstić information content (AvgIpc) is 2.74. The van der Waals surface area contributed by atoms with Crippen molar-refractivity contribution in [2.75, 3.05) is 23.5 Å². The fourth-order valence-electron chi connectivity index (χ4n) is 2.95. The summed E-state index contributed by atoms with van der Waals surface area (Å²) < 4.78 is 100. The molecular weight excluding hydrogens is 503 g/mol. The van der Waals surface area contributed by atoms with Gasteiger partial charge in [-0.2, -0.15) is 38.1 Å². The molecule has 1 aliphatic heterocycles.